The molecule has 0 fully saturated rings. The predicted molar refractivity (Wildman–Crippen MR) is 104 cm³/mol. The Balaban J connectivity index is 1.90. The minimum absolute atomic E-state index is 0.0974. The molecule has 9 heteroatoms. The van der Waals surface area contributed by atoms with Crippen LogP contribution in [0.15, 0.2) is 51.9 Å². The van der Waals surface area contributed by atoms with E-state index in [2.05, 4.69) is 15.5 Å². The highest BCUT2D eigenvalue weighted by Crippen LogP contribution is 2.24. The first-order chi connectivity index (χ1) is 14.0. The molecule has 29 heavy (non-hydrogen) atoms. The van der Waals surface area contributed by atoms with Gasteiger partial charge in [-0.2, -0.15) is 4.98 Å². The van der Waals surface area contributed by atoms with E-state index in [0.717, 1.165) is 0 Å². The van der Waals surface area contributed by atoms with Gasteiger partial charge in [-0.05, 0) is 24.6 Å². The number of rotatable bonds is 8. The van der Waals surface area contributed by atoms with Crippen LogP contribution in [-0.2, 0) is 9.53 Å². The molecule has 0 saturated heterocycles. The monoisotopic (exact) mass is 400 g/mol. The van der Waals surface area contributed by atoms with Crippen molar-refractivity contribution < 1.29 is 18.4 Å². The summed E-state index contributed by atoms with van der Waals surface area (Å²) in [4.78, 5) is 29.0. The highest BCUT2D eigenvalue weighted by Gasteiger charge is 2.21. The summed E-state index contributed by atoms with van der Waals surface area (Å²) in [5, 5.41) is 6.55. The van der Waals surface area contributed by atoms with E-state index in [9.17, 15) is 14.0 Å². The van der Waals surface area contributed by atoms with Crippen LogP contribution in [0, 0.1) is 5.82 Å². The van der Waals surface area contributed by atoms with Crippen molar-refractivity contribution in [1.29, 1.82) is 0 Å². The first-order valence-electron chi connectivity index (χ1n) is 9.13. The van der Waals surface area contributed by atoms with E-state index in [0.29, 0.717) is 25.1 Å². The molecule has 0 spiro atoms. The lowest BCUT2D eigenvalue weighted by molar-refractivity contribution is -0.124. The molecule has 1 aromatic carbocycles. The van der Waals surface area contributed by atoms with Gasteiger partial charge in [0.1, 0.15) is 11.9 Å². The molecule has 0 bridgehead atoms. The largest absolute Gasteiger partial charge is 0.383 e. The molecule has 0 aliphatic heterocycles. The van der Waals surface area contributed by atoms with E-state index >= 15 is 0 Å². The average molecular weight is 400 g/mol. The quantitative estimate of drug-likeness (QED) is 0.583. The third-order valence-electron chi connectivity index (χ3n) is 4.36. The van der Waals surface area contributed by atoms with Crippen molar-refractivity contribution in [2.75, 3.05) is 20.3 Å². The number of halogens is 1. The maximum atomic E-state index is 14.0. The molecular weight excluding hydrogens is 379 g/mol. The Morgan fingerprint density at radius 3 is 2.83 bits per heavy atom. The van der Waals surface area contributed by atoms with Gasteiger partial charge in [0.2, 0.25) is 11.7 Å². The van der Waals surface area contributed by atoms with Gasteiger partial charge in [-0.15, -0.1) is 0 Å². The summed E-state index contributed by atoms with van der Waals surface area (Å²) in [6.45, 7) is 2.52. The SMILES string of the molecule is CCC(C(=O)NCCOC)n1cc(-c2nc(-c3ccccc3F)no2)ccc1=O. The van der Waals surface area contributed by atoms with Crippen molar-refractivity contribution >= 4 is 5.91 Å². The molecule has 3 aromatic rings. The van der Waals surface area contributed by atoms with Crippen molar-refractivity contribution in [1.82, 2.24) is 20.0 Å². The van der Waals surface area contributed by atoms with Gasteiger partial charge >= 0.3 is 0 Å². The number of carbonyl (C=O) groups is 1. The van der Waals surface area contributed by atoms with Gasteiger partial charge in [0.15, 0.2) is 0 Å². The minimum Gasteiger partial charge on any atom is -0.383 e. The lowest BCUT2D eigenvalue weighted by atomic mass is 10.1. The maximum Gasteiger partial charge on any atom is 0.259 e. The number of pyridine rings is 1. The second-order valence-electron chi connectivity index (χ2n) is 6.27. The number of nitrogens with zero attached hydrogens (tertiary/aromatic N) is 3. The summed E-state index contributed by atoms with van der Waals surface area (Å²) in [6, 6.07) is 8.23. The molecule has 1 atom stereocenters. The standard InChI is InChI=1S/C20H21FN4O4/c1-3-16(19(27)22-10-11-28-2)25-12-13(8-9-17(25)26)20-23-18(24-29-20)14-6-4-5-7-15(14)21/h4-9,12,16H,3,10-11H2,1-2H3,(H,22,27). The molecule has 1 unspecified atom stereocenters. The summed E-state index contributed by atoms with van der Waals surface area (Å²) < 4.78 is 25.4. The molecule has 0 saturated carbocycles. The average Bonchev–Trinajstić information content (AvgIpc) is 3.20. The zero-order chi connectivity index (χ0) is 20.8. The molecule has 0 aliphatic rings. The Bertz CT molecular complexity index is 1050. The van der Waals surface area contributed by atoms with E-state index in [1.807, 2.05) is 6.92 Å². The predicted octanol–water partition coefficient (Wildman–Crippen LogP) is 2.42. The van der Waals surface area contributed by atoms with E-state index < -0.39 is 11.9 Å². The number of benzene rings is 1. The van der Waals surface area contributed by atoms with Crippen molar-refractivity contribution in [2.45, 2.75) is 19.4 Å². The van der Waals surface area contributed by atoms with Crippen LogP contribution in [-0.4, -0.2) is 40.9 Å². The summed E-state index contributed by atoms with van der Waals surface area (Å²) in [5.41, 5.74) is 0.318. The molecule has 152 valence electrons. The van der Waals surface area contributed by atoms with E-state index in [1.165, 1.54) is 36.1 Å². The third-order valence-corrected chi connectivity index (χ3v) is 4.36. The fourth-order valence-electron chi connectivity index (χ4n) is 2.87. The number of hydrogen-bond acceptors (Lipinski definition) is 6. The molecule has 8 nitrogen and oxygen atoms in total. The molecule has 1 amide bonds. The zero-order valence-electron chi connectivity index (χ0n) is 16.1. The second-order valence-corrected chi connectivity index (χ2v) is 6.27. The fourth-order valence-corrected chi connectivity index (χ4v) is 2.87. The molecule has 1 N–H and O–H groups in total. The zero-order valence-corrected chi connectivity index (χ0v) is 16.1. The summed E-state index contributed by atoms with van der Waals surface area (Å²) in [5.74, 6) is -0.545. The number of nitrogens with one attached hydrogen (secondary N) is 1. The Labute approximate surface area is 166 Å². The molecular formula is C20H21FN4O4. The smallest absolute Gasteiger partial charge is 0.259 e. The van der Waals surface area contributed by atoms with Crippen LogP contribution in [0.1, 0.15) is 19.4 Å². The van der Waals surface area contributed by atoms with Crippen LogP contribution in [0.2, 0.25) is 0 Å². The molecule has 2 aromatic heterocycles. The molecule has 2 heterocycles. The first-order valence-corrected chi connectivity index (χ1v) is 9.13. The van der Waals surface area contributed by atoms with Crippen LogP contribution >= 0.6 is 0 Å². The van der Waals surface area contributed by atoms with Crippen LogP contribution in [0.3, 0.4) is 0 Å². The van der Waals surface area contributed by atoms with E-state index in [-0.39, 0.29) is 28.7 Å². The summed E-state index contributed by atoms with van der Waals surface area (Å²) in [7, 11) is 1.54. The maximum absolute atomic E-state index is 14.0. The van der Waals surface area contributed by atoms with Crippen LogP contribution in [0.4, 0.5) is 4.39 Å². The van der Waals surface area contributed by atoms with Gasteiger partial charge < -0.3 is 19.1 Å². The van der Waals surface area contributed by atoms with Crippen LogP contribution in [0.25, 0.3) is 22.8 Å². The van der Waals surface area contributed by atoms with E-state index in [4.69, 9.17) is 9.26 Å². The first kappa shape index (κ1) is 20.4. The van der Waals surface area contributed by atoms with E-state index in [1.54, 1.807) is 18.2 Å². The van der Waals surface area contributed by atoms with Gasteiger partial charge in [-0.3, -0.25) is 9.59 Å². The van der Waals surface area contributed by atoms with Gasteiger partial charge in [0.25, 0.3) is 11.4 Å². The van der Waals surface area contributed by atoms with Crippen molar-refractivity contribution in [3.05, 3.63) is 58.8 Å². The minimum atomic E-state index is -0.701. The van der Waals surface area contributed by atoms with Crippen molar-refractivity contribution in [2.24, 2.45) is 0 Å². The molecule has 3 rings (SSSR count). The second kappa shape index (κ2) is 9.24. The highest BCUT2D eigenvalue weighted by molar-refractivity contribution is 5.80. The number of hydrogen-bond donors (Lipinski definition) is 1. The topological polar surface area (TPSA) is 99.2 Å². The lowest BCUT2D eigenvalue weighted by Crippen LogP contribution is -2.38. The third kappa shape index (κ3) is 4.57. The van der Waals surface area contributed by atoms with Crippen molar-refractivity contribution in [3.8, 4) is 22.8 Å². The Kier molecular flexibility index (Phi) is 6.50. The normalized spacial score (nSPS) is 12.0. The molecule has 0 aliphatic carbocycles. The fraction of sp³-hybridized carbons (Fsp3) is 0.300. The number of aromatic nitrogens is 3. The van der Waals surface area contributed by atoms with Crippen molar-refractivity contribution in [3.63, 3.8) is 0 Å². The number of carbonyl (C=O) groups excluding carboxylic acids is 1. The summed E-state index contributed by atoms with van der Waals surface area (Å²) in [6.07, 6.45) is 1.90. The molecule has 0 radical (unpaired) electrons. The Hall–Kier alpha value is -3.33. The van der Waals surface area contributed by atoms with Crippen LogP contribution < -0.4 is 10.9 Å². The van der Waals surface area contributed by atoms with Gasteiger partial charge in [0.05, 0.1) is 17.7 Å². The lowest BCUT2D eigenvalue weighted by Gasteiger charge is -2.18. The van der Waals surface area contributed by atoms with Crippen LogP contribution in [0.5, 0.6) is 0 Å². The highest BCUT2D eigenvalue weighted by atomic mass is 19.1. The Morgan fingerprint density at radius 2 is 2.10 bits per heavy atom. The Morgan fingerprint density at radius 1 is 1.31 bits per heavy atom. The number of ether oxygens (including phenoxy) is 1. The van der Waals surface area contributed by atoms with Gasteiger partial charge in [0, 0.05) is 25.9 Å². The summed E-state index contributed by atoms with van der Waals surface area (Å²) >= 11 is 0. The number of methoxy groups -OCH3 is 1. The number of amides is 1. The van der Waals surface area contributed by atoms with Gasteiger partial charge in [-0.25, -0.2) is 4.39 Å². The van der Waals surface area contributed by atoms with Gasteiger partial charge in [-0.1, -0.05) is 24.2 Å².